The largest absolute Gasteiger partial charge is 0.463 e. The van der Waals surface area contributed by atoms with Crippen molar-refractivity contribution in [1.29, 1.82) is 0 Å². The average molecular weight is 475 g/mol. The molecule has 33 heavy (non-hydrogen) atoms. The predicted molar refractivity (Wildman–Crippen MR) is 117 cm³/mol. The maximum atomic E-state index is 12.0. The molecule has 190 valence electrons. The molecule has 0 aromatic carbocycles. The molecular formula is C23H38O10. The molecule has 0 saturated carbocycles. The number of esters is 5. The first-order valence-corrected chi connectivity index (χ1v) is 11.1. The molecule has 0 spiro atoms. The molecule has 0 aliphatic carbocycles. The monoisotopic (exact) mass is 474 g/mol. The van der Waals surface area contributed by atoms with Crippen LogP contribution < -0.4 is 0 Å². The van der Waals surface area contributed by atoms with E-state index in [0.717, 1.165) is 0 Å². The highest BCUT2D eigenvalue weighted by molar-refractivity contribution is 5.68. The van der Waals surface area contributed by atoms with Gasteiger partial charge in [0.25, 0.3) is 0 Å². The third-order valence-electron chi connectivity index (χ3n) is 4.69. The maximum absolute atomic E-state index is 12.0. The van der Waals surface area contributed by atoms with Crippen molar-refractivity contribution in [2.75, 3.05) is 0 Å². The average Bonchev–Trinajstić information content (AvgIpc) is 2.61. The van der Waals surface area contributed by atoms with E-state index in [0.29, 0.717) is 12.8 Å². The summed E-state index contributed by atoms with van der Waals surface area (Å²) in [5.74, 6) is -3.37. The first-order chi connectivity index (χ1) is 15.3. The summed E-state index contributed by atoms with van der Waals surface area (Å²) in [6.45, 7) is 11.4. The van der Waals surface area contributed by atoms with E-state index in [1.54, 1.807) is 13.8 Å². The van der Waals surface area contributed by atoms with E-state index >= 15 is 0 Å². The van der Waals surface area contributed by atoms with Crippen molar-refractivity contribution in [2.45, 2.75) is 112 Å². The van der Waals surface area contributed by atoms with Gasteiger partial charge in [0.15, 0.2) is 0 Å². The molecule has 0 rings (SSSR count). The first-order valence-electron chi connectivity index (χ1n) is 11.1. The van der Waals surface area contributed by atoms with Crippen LogP contribution >= 0.6 is 0 Å². The van der Waals surface area contributed by atoms with E-state index in [9.17, 15) is 24.0 Å². The van der Waals surface area contributed by atoms with Crippen molar-refractivity contribution in [1.82, 2.24) is 0 Å². The van der Waals surface area contributed by atoms with Crippen molar-refractivity contribution in [3.8, 4) is 0 Å². The van der Waals surface area contributed by atoms with Gasteiger partial charge in [-0.2, -0.15) is 0 Å². The van der Waals surface area contributed by atoms with Crippen LogP contribution in [-0.4, -0.2) is 60.4 Å². The van der Waals surface area contributed by atoms with E-state index < -0.39 is 66.3 Å². The van der Waals surface area contributed by atoms with Gasteiger partial charge >= 0.3 is 29.8 Å². The van der Waals surface area contributed by atoms with Crippen molar-refractivity contribution in [3.05, 3.63) is 0 Å². The fourth-order valence-electron chi connectivity index (χ4n) is 3.83. The lowest BCUT2D eigenvalue weighted by Gasteiger charge is -2.37. The molecule has 10 nitrogen and oxygen atoms in total. The second-order valence-electron chi connectivity index (χ2n) is 8.13. The molecule has 6 unspecified atom stereocenters. The quantitative estimate of drug-likeness (QED) is 0.273. The Morgan fingerprint density at radius 1 is 0.576 bits per heavy atom. The molecule has 0 aromatic rings. The summed E-state index contributed by atoms with van der Waals surface area (Å²) in [7, 11) is 0. The fourth-order valence-corrected chi connectivity index (χ4v) is 3.83. The molecule has 0 N–H and O–H groups in total. The van der Waals surface area contributed by atoms with E-state index in [2.05, 4.69) is 0 Å². The number of carbonyl (C=O) groups is 5. The number of rotatable bonds is 14. The zero-order chi connectivity index (χ0) is 25.7. The Labute approximate surface area is 195 Å². The summed E-state index contributed by atoms with van der Waals surface area (Å²) >= 11 is 0. The summed E-state index contributed by atoms with van der Waals surface area (Å²) < 4.78 is 27.0. The van der Waals surface area contributed by atoms with Crippen LogP contribution in [0.25, 0.3) is 0 Å². The highest BCUT2D eigenvalue weighted by Crippen LogP contribution is 2.31. The molecule has 0 fully saturated rings. The molecule has 0 aliphatic rings. The molecule has 6 atom stereocenters. The first kappa shape index (κ1) is 30.4. The SMILES string of the molecule is CCCC(C(CC(C)OC(C)=O)OC(C)=O)C(OC(C)=O)C(CC(C)OC(C)=O)OC(C)=O. The van der Waals surface area contributed by atoms with Gasteiger partial charge in [-0.05, 0) is 20.3 Å². The molecule has 0 amide bonds. The Morgan fingerprint density at radius 2 is 0.939 bits per heavy atom. The van der Waals surface area contributed by atoms with Crippen molar-refractivity contribution in [3.63, 3.8) is 0 Å². The second kappa shape index (κ2) is 15.2. The molecule has 10 heteroatoms. The lowest BCUT2D eigenvalue weighted by atomic mass is 9.84. The Morgan fingerprint density at radius 3 is 1.30 bits per heavy atom. The smallest absolute Gasteiger partial charge is 0.303 e. The number of hydrogen-bond donors (Lipinski definition) is 0. The topological polar surface area (TPSA) is 132 Å². The summed E-state index contributed by atoms with van der Waals surface area (Å²) in [4.78, 5) is 58.5. The van der Waals surface area contributed by atoms with Gasteiger partial charge in [-0.15, -0.1) is 0 Å². The van der Waals surface area contributed by atoms with Crippen LogP contribution in [0.2, 0.25) is 0 Å². The van der Waals surface area contributed by atoms with Gasteiger partial charge in [0.2, 0.25) is 0 Å². The van der Waals surface area contributed by atoms with Crippen molar-refractivity contribution >= 4 is 29.8 Å². The predicted octanol–water partition coefficient (Wildman–Crippen LogP) is 2.88. The molecule has 0 bridgehead atoms. The maximum Gasteiger partial charge on any atom is 0.303 e. The van der Waals surface area contributed by atoms with Crippen LogP contribution in [0.3, 0.4) is 0 Å². The van der Waals surface area contributed by atoms with Gasteiger partial charge in [0, 0.05) is 53.4 Å². The van der Waals surface area contributed by atoms with Gasteiger partial charge in [0.1, 0.15) is 30.5 Å². The van der Waals surface area contributed by atoms with Crippen LogP contribution in [0.4, 0.5) is 0 Å². The highest BCUT2D eigenvalue weighted by Gasteiger charge is 2.41. The Hall–Kier alpha value is -2.65. The molecule has 0 aliphatic heterocycles. The van der Waals surface area contributed by atoms with Gasteiger partial charge in [-0.1, -0.05) is 13.3 Å². The minimum atomic E-state index is -1.00. The molecule has 0 heterocycles. The van der Waals surface area contributed by atoms with E-state index in [1.807, 2.05) is 6.92 Å². The van der Waals surface area contributed by atoms with Gasteiger partial charge in [-0.3, -0.25) is 24.0 Å². The zero-order valence-corrected chi connectivity index (χ0v) is 20.9. The van der Waals surface area contributed by atoms with E-state index in [-0.39, 0.29) is 12.8 Å². The Balaban J connectivity index is 6.23. The Bertz CT molecular complexity index is 674. The standard InChI is InChI=1S/C23H38O10/c1-9-10-20(21(31-17(6)26)11-13(2)29-15(4)24)23(33-19(8)28)22(32-18(7)27)12-14(3)30-16(5)25/h13-14,20-23H,9-12H2,1-8H3. The van der Waals surface area contributed by atoms with Crippen molar-refractivity contribution in [2.24, 2.45) is 5.92 Å². The van der Waals surface area contributed by atoms with Crippen LogP contribution in [-0.2, 0) is 47.7 Å². The highest BCUT2D eigenvalue weighted by atomic mass is 16.6. The van der Waals surface area contributed by atoms with Crippen LogP contribution in [0.5, 0.6) is 0 Å². The molecular weight excluding hydrogens is 436 g/mol. The minimum absolute atomic E-state index is 0.0591. The number of ether oxygens (including phenoxy) is 5. The lowest BCUT2D eigenvalue weighted by molar-refractivity contribution is -0.184. The van der Waals surface area contributed by atoms with Crippen LogP contribution in [0.1, 0.15) is 81.1 Å². The third-order valence-corrected chi connectivity index (χ3v) is 4.69. The van der Waals surface area contributed by atoms with E-state index in [4.69, 9.17) is 23.7 Å². The molecule has 0 radical (unpaired) electrons. The number of hydrogen-bond acceptors (Lipinski definition) is 10. The van der Waals surface area contributed by atoms with Crippen molar-refractivity contribution < 1.29 is 47.7 Å². The normalized spacial score (nSPS) is 16.2. The van der Waals surface area contributed by atoms with Gasteiger partial charge < -0.3 is 23.7 Å². The second-order valence-corrected chi connectivity index (χ2v) is 8.13. The summed E-state index contributed by atoms with van der Waals surface area (Å²) in [6.07, 6.45) is -2.72. The molecule has 0 saturated heterocycles. The zero-order valence-electron chi connectivity index (χ0n) is 20.9. The Kier molecular flexibility index (Phi) is 14.0. The summed E-state index contributed by atoms with van der Waals surface area (Å²) in [5, 5.41) is 0. The van der Waals surface area contributed by atoms with Gasteiger partial charge in [0.05, 0.1) is 0 Å². The van der Waals surface area contributed by atoms with Crippen LogP contribution in [0, 0.1) is 5.92 Å². The summed E-state index contributed by atoms with van der Waals surface area (Å²) in [6, 6.07) is 0. The van der Waals surface area contributed by atoms with Gasteiger partial charge in [-0.25, -0.2) is 0 Å². The summed E-state index contributed by atoms with van der Waals surface area (Å²) in [5.41, 5.74) is 0. The number of carbonyl (C=O) groups excluding carboxylic acids is 5. The van der Waals surface area contributed by atoms with Crippen LogP contribution in [0.15, 0.2) is 0 Å². The van der Waals surface area contributed by atoms with E-state index in [1.165, 1.54) is 34.6 Å². The minimum Gasteiger partial charge on any atom is -0.463 e. The third kappa shape index (κ3) is 13.5. The lowest BCUT2D eigenvalue weighted by Crippen LogP contribution is -2.47. The molecule has 0 aromatic heterocycles. The fraction of sp³-hybridized carbons (Fsp3) is 0.783.